The summed E-state index contributed by atoms with van der Waals surface area (Å²) in [6, 6.07) is 0. The molecule has 0 bridgehead atoms. The fraction of sp³-hybridized carbons (Fsp3) is 0.600. The Morgan fingerprint density at radius 2 is 2.20 bits per heavy atom. The number of aromatic amines is 1. The van der Waals surface area contributed by atoms with Crippen LogP contribution in [0.2, 0.25) is 0 Å². The Morgan fingerprint density at radius 1 is 1.40 bits per heavy atom. The Hall–Kier alpha value is -1.64. The number of hydrogen-bond donors (Lipinski definition) is 2. The van der Waals surface area contributed by atoms with Crippen molar-refractivity contribution in [1.82, 2.24) is 30.2 Å². The maximum atomic E-state index is 12.6. The summed E-state index contributed by atoms with van der Waals surface area (Å²) in [6.07, 6.45) is 5.32. The van der Waals surface area contributed by atoms with Crippen LogP contribution in [0.25, 0.3) is 11.2 Å². The third-order valence-corrected chi connectivity index (χ3v) is 4.30. The van der Waals surface area contributed by atoms with Crippen LogP contribution >= 0.6 is 24.8 Å². The van der Waals surface area contributed by atoms with Crippen LogP contribution in [-0.4, -0.2) is 71.0 Å². The smallest absolute Gasteiger partial charge is 0.242 e. The van der Waals surface area contributed by atoms with Crippen molar-refractivity contribution in [2.75, 3.05) is 45.2 Å². The number of nitrogens with zero attached hydrogens (tertiary/aromatic N) is 5. The van der Waals surface area contributed by atoms with E-state index in [2.05, 4.69) is 25.3 Å². The highest BCUT2D eigenvalue weighted by Gasteiger charge is 2.24. The quantitative estimate of drug-likeness (QED) is 0.795. The number of likely N-dealkylation sites (N-methyl/N-ethyl adjacent to an activating group) is 1. The molecule has 2 aromatic rings. The molecule has 1 aliphatic heterocycles. The van der Waals surface area contributed by atoms with E-state index in [4.69, 9.17) is 0 Å². The largest absolute Gasteiger partial charge is 0.348 e. The third kappa shape index (κ3) is 4.93. The van der Waals surface area contributed by atoms with Crippen LogP contribution in [0.5, 0.6) is 0 Å². The van der Waals surface area contributed by atoms with E-state index >= 15 is 0 Å². The minimum absolute atomic E-state index is 0. The number of fused-ring (bicyclic) bond motifs is 1. The van der Waals surface area contributed by atoms with Crippen molar-refractivity contribution in [2.45, 2.75) is 12.8 Å². The Balaban J connectivity index is 0.00000156. The Morgan fingerprint density at radius 3 is 2.96 bits per heavy atom. The highest BCUT2D eigenvalue weighted by Crippen LogP contribution is 2.19. The van der Waals surface area contributed by atoms with E-state index in [0.717, 1.165) is 31.6 Å². The molecule has 8 nitrogen and oxygen atoms in total. The molecule has 0 spiro atoms. The molecular formula is C15H25Cl2N7O. The summed E-state index contributed by atoms with van der Waals surface area (Å²) in [6.45, 7) is 2.94. The zero-order valence-corrected chi connectivity index (χ0v) is 16.1. The number of H-pyrrole nitrogens is 1. The zero-order valence-electron chi connectivity index (χ0n) is 14.4. The minimum Gasteiger partial charge on any atom is -0.348 e. The third-order valence-electron chi connectivity index (χ3n) is 4.30. The number of piperidine rings is 1. The van der Waals surface area contributed by atoms with E-state index in [1.165, 1.54) is 12.7 Å². The number of halogens is 2. The molecule has 1 atom stereocenters. The van der Waals surface area contributed by atoms with E-state index in [1.807, 2.05) is 23.9 Å². The minimum atomic E-state index is 0. The maximum Gasteiger partial charge on any atom is 0.242 e. The summed E-state index contributed by atoms with van der Waals surface area (Å²) in [7, 11) is 3.83. The summed E-state index contributed by atoms with van der Waals surface area (Å²) in [5.74, 6) is 1.38. The number of likely N-dealkylation sites (tertiary alicyclic amines) is 1. The number of carbonyl (C=O) groups excluding carboxylic acids is 1. The van der Waals surface area contributed by atoms with Gasteiger partial charge in [0.1, 0.15) is 11.8 Å². The molecule has 1 saturated heterocycles. The molecule has 0 saturated carbocycles. The molecule has 3 rings (SSSR count). The standard InChI is InChI=1S/C15H23N7O.2ClH/c1-16-6-11-4-3-5-22(7-11)12(23)8-21(2)15-13-14(18-9-17-13)19-10-20-15;;/h9-11,16H,3-8H2,1-2H3,(H,17,18,19,20);2*1H. The predicted molar refractivity (Wildman–Crippen MR) is 103 cm³/mol. The van der Waals surface area contributed by atoms with Crippen molar-refractivity contribution in [3.8, 4) is 0 Å². The lowest BCUT2D eigenvalue weighted by atomic mass is 9.98. The SMILES string of the molecule is CNCC1CCCN(C(=O)CN(C)c2ncnc3nc[nH]c23)C1.Cl.Cl. The topological polar surface area (TPSA) is 90.0 Å². The van der Waals surface area contributed by atoms with Gasteiger partial charge in [0.05, 0.1) is 12.9 Å². The first-order chi connectivity index (χ1) is 11.2. The molecule has 140 valence electrons. The molecule has 1 amide bonds. The first kappa shape index (κ1) is 21.4. The van der Waals surface area contributed by atoms with Crippen LogP contribution in [0.4, 0.5) is 5.82 Å². The number of amides is 1. The van der Waals surface area contributed by atoms with Gasteiger partial charge in [-0.3, -0.25) is 4.79 Å². The van der Waals surface area contributed by atoms with E-state index < -0.39 is 0 Å². The van der Waals surface area contributed by atoms with Crippen LogP contribution in [0, 0.1) is 5.92 Å². The molecule has 0 aliphatic carbocycles. The lowest BCUT2D eigenvalue weighted by molar-refractivity contribution is -0.131. The van der Waals surface area contributed by atoms with Gasteiger partial charge in [0, 0.05) is 20.1 Å². The molecule has 25 heavy (non-hydrogen) atoms. The number of rotatable bonds is 5. The summed E-state index contributed by atoms with van der Waals surface area (Å²) in [5, 5.41) is 3.20. The molecule has 0 aromatic carbocycles. The van der Waals surface area contributed by atoms with Crippen LogP contribution in [0.3, 0.4) is 0 Å². The molecule has 1 unspecified atom stereocenters. The molecule has 2 aromatic heterocycles. The van der Waals surface area contributed by atoms with E-state index in [0.29, 0.717) is 23.9 Å². The summed E-state index contributed by atoms with van der Waals surface area (Å²) in [4.78, 5) is 32.0. The first-order valence-electron chi connectivity index (χ1n) is 7.96. The van der Waals surface area contributed by atoms with Crippen molar-refractivity contribution in [3.63, 3.8) is 0 Å². The van der Waals surface area contributed by atoms with Crippen LogP contribution in [-0.2, 0) is 4.79 Å². The highest BCUT2D eigenvalue weighted by atomic mass is 35.5. The van der Waals surface area contributed by atoms with Crippen LogP contribution in [0.1, 0.15) is 12.8 Å². The van der Waals surface area contributed by atoms with Gasteiger partial charge < -0.3 is 20.1 Å². The molecular weight excluding hydrogens is 365 g/mol. The lowest BCUT2D eigenvalue weighted by Crippen LogP contribution is -2.46. The number of hydrogen-bond acceptors (Lipinski definition) is 6. The second-order valence-electron chi connectivity index (χ2n) is 6.06. The van der Waals surface area contributed by atoms with Crippen molar-refractivity contribution in [2.24, 2.45) is 5.92 Å². The first-order valence-corrected chi connectivity index (χ1v) is 7.96. The van der Waals surface area contributed by atoms with Gasteiger partial charge in [-0.1, -0.05) is 0 Å². The molecule has 2 N–H and O–H groups in total. The van der Waals surface area contributed by atoms with Crippen molar-refractivity contribution in [3.05, 3.63) is 12.7 Å². The van der Waals surface area contributed by atoms with Crippen molar-refractivity contribution >= 4 is 47.7 Å². The van der Waals surface area contributed by atoms with Gasteiger partial charge in [-0.15, -0.1) is 24.8 Å². The maximum absolute atomic E-state index is 12.6. The molecule has 10 heteroatoms. The Kier molecular flexibility index (Phi) is 8.34. The monoisotopic (exact) mass is 389 g/mol. The number of carbonyl (C=O) groups is 1. The molecule has 3 heterocycles. The fourth-order valence-electron chi connectivity index (χ4n) is 3.17. The Labute approximate surface area is 159 Å². The average molecular weight is 390 g/mol. The number of aromatic nitrogens is 4. The van der Waals surface area contributed by atoms with Gasteiger partial charge >= 0.3 is 0 Å². The van der Waals surface area contributed by atoms with Gasteiger partial charge in [-0.25, -0.2) is 15.0 Å². The summed E-state index contributed by atoms with van der Waals surface area (Å²) in [5.41, 5.74) is 1.37. The highest BCUT2D eigenvalue weighted by molar-refractivity contribution is 5.87. The van der Waals surface area contributed by atoms with Gasteiger partial charge in [0.15, 0.2) is 11.5 Å². The van der Waals surface area contributed by atoms with E-state index in [1.54, 1.807) is 6.33 Å². The van der Waals surface area contributed by atoms with Crippen molar-refractivity contribution < 1.29 is 4.79 Å². The van der Waals surface area contributed by atoms with Crippen molar-refractivity contribution in [1.29, 1.82) is 0 Å². The second-order valence-corrected chi connectivity index (χ2v) is 6.06. The van der Waals surface area contributed by atoms with E-state index in [9.17, 15) is 4.79 Å². The lowest BCUT2D eigenvalue weighted by Gasteiger charge is -2.34. The summed E-state index contributed by atoms with van der Waals surface area (Å²) < 4.78 is 0. The van der Waals surface area contributed by atoms with Crippen LogP contribution < -0.4 is 10.2 Å². The predicted octanol–water partition coefficient (Wildman–Crippen LogP) is 1.09. The van der Waals surface area contributed by atoms with Crippen LogP contribution in [0.15, 0.2) is 12.7 Å². The second kappa shape index (κ2) is 9.74. The fourth-order valence-corrected chi connectivity index (χ4v) is 3.17. The number of imidazole rings is 1. The molecule has 1 fully saturated rings. The number of anilines is 1. The van der Waals surface area contributed by atoms with Gasteiger partial charge in [-0.05, 0) is 32.4 Å². The molecule has 0 radical (unpaired) electrons. The normalized spacial score (nSPS) is 16.9. The van der Waals surface area contributed by atoms with E-state index in [-0.39, 0.29) is 30.7 Å². The summed E-state index contributed by atoms with van der Waals surface area (Å²) >= 11 is 0. The van der Waals surface area contributed by atoms with Gasteiger partial charge in [-0.2, -0.15) is 0 Å². The average Bonchev–Trinajstić information content (AvgIpc) is 3.03. The van der Waals surface area contributed by atoms with Gasteiger partial charge in [0.25, 0.3) is 0 Å². The zero-order chi connectivity index (χ0) is 16.2. The van der Waals surface area contributed by atoms with Gasteiger partial charge in [0.2, 0.25) is 5.91 Å². The molecule has 1 aliphatic rings. The Bertz CT molecular complexity index is 679. The number of nitrogens with one attached hydrogen (secondary N) is 2.